The number of carbonyl (C=O) groups excluding carboxylic acids is 2. The Morgan fingerprint density at radius 3 is 2.73 bits per heavy atom. The average molecular weight is 404 g/mol. The van der Waals surface area contributed by atoms with Crippen LogP contribution in [-0.2, 0) is 16.1 Å². The number of nitrogens with one attached hydrogen (secondary N) is 1. The molecule has 7 nitrogen and oxygen atoms in total. The predicted molar refractivity (Wildman–Crippen MR) is 114 cm³/mol. The van der Waals surface area contributed by atoms with Crippen molar-refractivity contribution >= 4 is 17.5 Å². The molecule has 0 saturated carbocycles. The van der Waals surface area contributed by atoms with Crippen LogP contribution < -0.4 is 15.0 Å². The van der Waals surface area contributed by atoms with Gasteiger partial charge in [0.25, 0.3) is 0 Å². The van der Waals surface area contributed by atoms with Gasteiger partial charge in [-0.15, -0.1) is 0 Å². The van der Waals surface area contributed by atoms with Crippen molar-refractivity contribution in [3.8, 4) is 17.1 Å². The molecule has 1 fully saturated rings. The van der Waals surface area contributed by atoms with Crippen molar-refractivity contribution in [1.82, 2.24) is 14.9 Å². The lowest BCUT2D eigenvalue weighted by atomic mass is 10.2. The van der Waals surface area contributed by atoms with Gasteiger partial charge in [0.2, 0.25) is 11.8 Å². The van der Waals surface area contributed by atoms with Gasteiger partial charge in [-0.1, -0.05) is 42.5 Å². The quantitative estimate of drug-likeness (QED) is 0.657. The molecule has 4 rings (SSSR count). The number of anilines is 1. The first-order chi connectivity index (χ1) is 14.7. The van der Waals surface area contributed by atoms with E-state index in [1.54, 1.807) is 18.2 Å². The van der Waals surface area contributed by atoms with E-state index >= 15 is 0 Å². The van der Waals surface area contributed by atoms with Crippen molar-refractivity contribution in [3.63, 3.8) is 0 Å². The van der Waals surface area contributed by atoms with Gasteiger partial charge in [-0.3, -0.25) is 9.59 Å². The van der Waals surface area contributed by atoms with Crippen molar-refractivity contribution in [2.24, 2.45) is 0 Å². The number of carbonyl (C=O) groups is 2. The number of aromatic nitrogens is 2. The Labute approximate surface area is 175 Å². The Balaban J connectivity index is 1.35. The number of amides is 2. The third kappa shape index (κ3) is 4.20. The fraction of sp³-hybridized carbons (Fsp3) is 0.261. The van der Waals surface area contributed by atoms with Gasteiger partial charge in [0.05, 0.1) is 18.8 Å². The van der Waals surface area contributed by atoms with Gasteiger partial charge in [-0.2, -0.15) is 0 Å². The Morgan fingerprint density at radius 1 is 1.17 bits per heavy atom. The molecule has 0 bridgehead atoms. The van der Waals surface area contributed by atoms with Crippen molar-refractivity contribution in [3.05, 3.63) is 67.0 Å². The number of aryl methyl sites for hydroxylation is 1. The molecule has 0 radical (unpaired) electrons. The summed E-state index contributed by atoms with van der Waals surface area (Å²) in [6, 6.07) is 17.1. The second-order valence-corrected chi connectivity index (χ2v) is 7.21. The van der Waals surface area contributed by atoms with Crippen LogP contribution in [0.2, 0.25) is 0 Å². The maximum absolute atomic E-state index is 12.5. The summed E-state index contributed by atoms with van der Waals surface area (Å²) in [7, 11) is 1.58. The molecule has 1 aromatic heterocycles. The van der Waals surface area contributed by atoms with Crippen molar-refractivity contribution in [2.75, 3.05) is 18.6 Å². The summed E-state index contributed by atoms with van der Waals surface area (Å²) in [6.07, 6.45) is 4.21. The summed E-state index contributed by atoms with van der Waals surface area (Å²) in [5.41, 5.74) is 1.74. The summed E-state index contributed by atoms with van der Waals surface area (Å²) >= 11 is 0. The highest BCUT2D eigenvalue weighted by Gasteiger charge is 2.32. The molecule has 1 unspecified atom stereocenters. The summed E-state index contributed by atoms with van der Waals surface area (Å²) in [6.45, 7) is 0.957. The average Bonchev–Trinajstić information content (AvgIpc) is 3.39. The minimum absolute atomic E-state index is 0.0224. The van der Waals surface area contributed by atoms with Gasteiger partial charge < -0.3 is 19.5 Å². The van der Waals surface area contributed by atoms with E-state index in [0.717, 1.165) is 17.1 Å². The van der Waals surface area contributed by atoms with Crippen LogP contribution in [0.25, 0.3) is 11.4 Å². The summed E-state index contributed by atoms with van der Waals surface area (Å²) in [5, 5.41) is 2.99. The van der Waals surface area contributed by atoms with E-state index in [-0.39, 0.29) is 24.3 Å². The molecule has 1 saturated heterocycles. The zero-order valence-electron chi connectivity index (χ0n) is 16.8. The van der Waals surface area contributed by atoms with Crippen LogP contribution in [0.4, 0.5) is 5.69 Å². The highest BCUT2D eigenvalue weighted by Crippen LogP contribution is 2.31. The molecule has 7 heteroatoms. The van der Waals surface area contributed by atoms with Crippen LogP contribution in [0.15, 0.2) is 67.0 Å². The van der Waals surface area contributed by atoms with Crippen LogP contribution in [-0.4, -0.2) is 41.1 Å². The predicted octanol–water partition coefficient (Wildman–Crippen LogP) is 2.87. The monoisotopic (exact) mass is 404 g/mol. The fourth-order valence-corrected chi connectivity index (χ4v) is 3.75. The molecule has 154 valence electrons. The molecular weight excluding hydrogens is 380 g/mol. The highest BCUT2D eigenvalue weighted by atomic mass is 16.5. The van der Waals surface area contributed by atoms with E-state index in [1.807, 2.05) is 65.4 Å². The zero-order chi connectivity index (χ0) is 20.9. The molecule has 1 aliphatic rings. The van der Waals surface area contributed by atoms with Gasteiger partial charge in [-0.05, 0) is 12.1 Å². The van der Waals surface area contributed by atoms with E-state index in [0.29, 0.717) is 25.3 Å². The van der Waals surface area contributed by atoms with Gasteiger partial charge in [-0.25, -0.2) is 4.98 Å². The molecule has 0 spiro atoms. The molecular formula is C23H24N4O3. The smallest absolute Gasteiger partial charge is 0.229 e. The molecule has 30 heavy (non-hydrogen) atoms. The maximum atomic E-state index is 12.5. The number of hydrogen-bond donors (Lipinski definition) is 1. The first-order valence-electron chi connectivity index (χ1n) is 9.95. The van der Waals surface area contributed by atoms with Crippen LogP contribution in [0.5, 0.6) is 5.75 Å². The third-order valence-corrected chi connectivity index (χ3v) is 5.19. The molecule has 1 N–H and O–H groups in total. The number of benzene rings is 2. The van der Waals surface area contributed by atoms with Crippen LogP contribution in [0, 0.1) is 0 Å². The van der Waals surface area contributed by atoms with Gasteiger partial charge in [0, 0.05) is 43.9 Å². The number of methoxy groups -OCH3 is 1. The largest absolute Gasteiger partial charge is 0.495 e. The number of hydrogen-bond acceptors (Lipinski definition) is 4. The molecule has 3 aromatic rings. The molecule has 2 aromatic carbocycles. The minimum Gasteiger partial charge on any atom is -0.495 e. The molecule has 1 atom stereocenters. The van der Waals surface area contributed by atoms with E-state index in [2.05, 4.69) is 10.3 Å². The number of para-hydroxylation sites is 2. The lowest BCUT2D eigenvalue weighted by Crippen LogP contribution is -2.37. The van der Waals surface area contributed by atoms with E-state index in [9.17, 15) is 9.59 Å². The van der Waals surface area contributed by atoms with E-state index < -0.39 is 0 Å². The second-order valence-electron chi connectivity index (χ2n) is 7.21. The van der Waals surface area contributed by atoms with Gasteiger partial charge in [0.1, 0.15) is 11.6 Å². The minimum atomic E-state index is -0.216. The standard InChI is InChI=1S/C23H24N4O3/c1-30-20-10-6-5-9-19(20)27-16-18(15-22(27)29)25-21(28)11-13-26-14-12-24-23(26)17-7-3-2-4-8-17/h2-10,12,14,18H,11,13,15-16H2,1H3,(H,25,28). The first kappa shape index (κ1) is 19.7. The Bertz CT molecular complexity index is 1030. The Kier molecular flexibility index (Phi) is 5.79. The number of imidazole rings is 1. The number of nitrogens with zero attached hydrogens (tertiary/aromatic N) is 3. The van der Waals surface area contributed by atoms with Crippen LogP contribution in [0.3, 0.4) is 0 Å². The topological polar surface area (TPSA) is 76.5 Å². The van der Waals surface area contributed by atoms with Crippen LogP contribution in [0.1, 0.15) is 12.8 Å². The lowest BCUT2D eigenvalue weighted by molar-refractivity contribution is -0.122. The van der Waals surface area contributed by atoms with Gasteiger partial charge >= 0.3 is 0 Å². The Hall–Kier alpha value is -3.61. The van der Waals surface area contributed by atoms with E-state index in [4.69, 9.17) is 4.74 Å². The van der Waals surface area contributed by atoms with Crippen molar-refractivity contribution in [1.29, 1.82) is 0 Å². The molecule has 0 aliphatic carbocycles. The number of rotatable bonds is 7. The zero-order valence-corrected chi connectivity index (χ0v) is 16.8. The summed E-state index contributed by atoms with van der Waals surface area (Å²) in [4.78, 5) is 31.1. The lowest BCUT2D eigenvalue weighted by Gasteiger charge is -2.19. The molecule has 2 amide bonds. The second kappa shape index (κ2) is 8.82. The normalized spacial score (nSPS) is 16.0. The summed E-state index contributed by atoms with van der Waals surface area (Å²) < 4.78 is 7.33. The number of ether oxygens (including phenoxy) is 1. The fourth-order valence-electron chi connectivity index (χ4n) is 3.75. The van der Waals surface area contributed by atoms with Crippen LogP contribution >= 0.6 is 0 Å². The highest BCUT2D eigenvalue weighted by molar-refractivity contribution is 5.98. The molecule has 1 aliphatic heterocycles. The van der Waals surface area contributed by atoms with Gasteiger partial charge in [0.15, 0.2) is 0 Å². The summed E-state index contributed by atoms with van der Waals surface area (Å²) in [5.74, 6) is 1.38. The Morgan fingerprint density at radius 2 is 1.93 bits per heavy atom. The molecule has 2 heterocycles. The SMILES string of the molecule is COc1ccccc1N1CC(NC(=O)CCn2ccnc2-c2ccccc2)CC1=O. The maximum Gasteiger partial charge on any atom is 0.229 e. The third-order valence-electron chi connectivity index (χ3n) is 5.19. The van der Waals surface area contributed by atoms with E-state index in [1.165, 1.54) is 0 Å². The first-order valence-corrected chi connectivity index (χ1v) is 9.95. The van der Waals surface area contributed by atoms with Crippen molar-refractivity contribution < 1.29 is 14.3 Å². The van der Waals surface area contributed by atoms with Crippen molar-refractivity contribution in [2.45, 2.75) is 25.4 Å².